The smallest absolute Gasteiger partial charge is 0.000859 e. The molecule has 0 aliphatic carbocycles. The molecule has 0 rings (SSSR count). The molecule has 0 unspecified atom stereocenters. The Labute approximate surface area is 32.4 Å². The maximum Gasteiger partial charge on any atom is 0.000859 e. The van der Waals surface area contributed by atoms with Crippen LogP contribution < -0.4 is 0 Å². The molecule has 0 bridgehead atoms. The Morgan fingerprint density at radius 2 is 2.25 bits per heavy atom. The predicted octanol–water partition coefficient (Wildman–Crippen LogP) is 1.91. The molecular formula is C2H4ClP. The van der Waals surface area contributed by atoms with E-state index in [2.05, 4.69) is 0 Å². The van der Waals surface area contributed by atoms with E-state index < -0.39 is 0 Å². The first-order chi connectivity index (χ1) is 1.91. The topological polar surface area (TPSA) is 0 Å². The quantitative estimate of drug-likeness (QED) is 0.402. The van der Waals surface area contributed by atoms with Crippen molar-refractivity contribution in [3.63, 3.8) is 0 Å². The molecule has 0 amide bonds. The van der Waals surface area contributed by atoms with E-state index in [0.29, 0.717) is 0 Å². The van der Waals surface area contributed by atoms with Crippen LogP contribution in [0.5, 0.6) is 0 Å². The summed E-state index contributed by atoms with van der Waals surface area (Å²) < 4.78 is 0. The third kappa shape index (κ3) is 2.46. The van der Waals surface area contributed by atoms with Crippen LogP contribution in [0.15, 0.2) is 0 Å². The lowest BCUT2D eigenvalue weighted by Gasteiger charge is -1.45. The van der Waals surface area contributed by atoms with Crippen LogP contribution in [-0.2, 0) is 0 Å². The minimum absolute atomic E-state index is 0.846. The van der Waals surface area contributed by atoms with Crippen LogP contribution in [0.25, 0.3) is 0 Å². The number of rotatable bonds is 0. The van der Waals surface area contributed by atoms with Gasteiger partial charge in [0, 0.05) is 7.56 Å². The van der Waals surface area contributed by atoms with Gasteiger partial charge in [-0.2, -0.15) is 0 Å². The van der Waals surface area contributed by atoms with Gasteiger partial charge in [-0.1, -0.05) is 11.2 Å². The molecule has 0 aliphatic heterocycles. The van der Waals surface area contributed by atoms with Gasteiger partial charge in [-0.25, -0.2) is 0 Å². The Balaban J connectivity index is 2.55. The normalized spacial score (nSPS) is 9.50. The summed E-state index contributed by atoms with van der Waals surface area (Å²) in [6.07, 6.45) is 0. The molecule has 0 aromatic heterocycles. The summed E-state index contributed by atoms with van der Waals surface area (Å²) in [7, 11) is 0.846. The van der Waals surface area contributed by atoms with E-state index in [9.17, 15) is 0 Å². The standard InChI is InChI=1S/C2H4ClP/c1-2-4-3/h2H,1H3. The van der Waals surface area contributed by atoms with Crippen molar-refractivity contribution in [3.8, 4) is 0 Å². The van der Waals surface area contributed by atoms with E-state index in [4.69, 9.17) is 11.2 Å². The molecule has 0 aromatic carbocycles. The van der Waals surface area contributed by atoms with Crippen LogP contribution in [0.2, 0.25) is 0 Å². The third-order valence-electron chi connectivity index (χ3n) is 0.0976. The van der Waals surface area contributed by atoms with E-state index >= 15 is 0 Å². The van der Waals surface area contributed by atoms with Crippen LogP contribution in [0.1, 0.15) is 6.92 Å². The number of hydrogen-bond donors (Lipinski definition) is 0. The van der Waals surface area contributed by atoms with Gasteiger partial charge in [-0.05, 0) is 12.7 Å². The van der Waals surface area contributed by atoms with Crippen molar-refractivity contribution < 1.29 is 0 Å². The fourth-order valence-corrected chi connectivity index (χ4v) is 0. The summed E-state index contributed by atoms with van der Waals surface area (Å²) >= 11 is 5.10. The summed E-state index contributed by atoms with van der Waals surface area (Å²) in [4.78, 5) is 0. The van der Waals surface area contributed by atoms with Gasteiger partial charge in [-0.15, -0.1) is 0 Å². The molecule has 0 aliphatic rings. The average molecular weight is 94.5 g/mol. The van der Waals surface area contributed by atoms with Gasteiger partial charge in [0.15, 0.2) is 0 Å². The maximum absolute atomic E-state index is 5.10. The summed E-state index contributed by atoms with van der Waals surface area (Å²) in [5, 5.41) is 0. The molecule has 0 aromatic rings. The molecule has 0 fully saturated rings. The summed E-state index contributed by atoms with van der Waals surface area (Å²) in [5.41, 5.74) is 0. The van der Waals surface area contributed by atoms with Crippen molar-refractivity contribution >= 4 is 24.6 Å². The fourth-order valence-electron chi connectivity index (χ4n) is 0. The van der Waals surface area contributed by atoms with Crippen molar-refractivity contribution in [3.05, 3.63) is 0 Å². The molecule has 0 atom stereocenters. The first-order valence-electron chi connectivity index (χ1n) is 1.00. The van der Waals surface area contributed by atoms with Crippen molar-refractivity contribution in [2.45, 2.75) is 6.92 Å². The SMILES string of the molecule is CC=PCl. The van der Waals surface area contributed by atoms with E-state index in [0.717, 1.165) is 7.56 Å². The second kappa shape index (κ2) is 3.46. The maximum atomic E-state index is 5.10. The van der Waals surface area contributed by atoms with Crippen LogP contribution in [0.4, 0.5) is 0 Å². The molecule has 0 nitrogen and oxygen atoms in total. The summed E-state index contributed by atoms with van der Waals surface area (Å²) in [5.74, 6) is 1.86. The number of hydrogen-bond acceptors (Lipinski definition) is 0. The average Bonchev–Trinajstić information content (AvgIpc) is 1.37. The Hall–Kier alpha value is 0.460. The van der Waals surface area contributed by atoms with Crippen molar-refractivity contribution in [2.24, 2.45) is 0 Å². The first kappa shape index (κ1) is 4.46. The van der Waals surface area contributed by atoms with Gasteiger partial charge in [0.1, 0.15) is 0 Å². The molecule has 0 radical (unpaired) electrons. The lowest BCUT2D eigenvalue weighted by Crippen LogP contribution is -1.28. The molecule has 0 heterocycles. The minimum Gasteiger partial charge on any atom is -0.0575 e. The molecule has 0 saturated carbocycles. The van der Waals surface area contributed by atoms with Crippen LogP contribution in [0, 0.1) is 0 Å². The van der Waals surface area contributed by atoms with Crippen LogP contribution >= 0.6 is 18.8 Å². The highest BCUT2D eigenvalue weighted by Crippen LogP contribution is 1.95. The zero-order valence-corrected chi connectivity index (χ0v) is 4.05. The Kier molecular flexibility index (Phi) is 3.86. The lowest BCUT2D eigenvalue weighted by molar-refractivity contribution is 2.14. The van der Waals surface area contributed by atoms with E-state index in [-0.39, 0.29) is 0 Å². The van der Waals surface area contributed by atoms with Gasteiger partial charge in [0.2, 0.25) is 0 Å². The van der Waals surface area contributed by atoms with Gasteiger partial charge < -0.3 is 0 Å². The molecule has 2 heteroatoms. The number of halogens is 1. The largest absolute Gasteiger partial charge is 0.0575 e. The van der Waals surface area contributed by atoms with Gasteiger partial charge in [0.25, 0.3) is 0 Å². The molecule has 0 spiro atoms. The van der Waals surface area contributed by atoms with Crippen LogP contribution in [-0.4, -0.2) is 5.80 Å². The van der Waals surface area contributed by atoms with Crippen molar-refractivity contribution in [2.75, 3.05) is 0 Å². The second-order valence-corrected chi connectivity index (χ2v) is 1.65. The van der Waals surface area contributed by atoms with Crippen molar-refractivity contribution in [1.29, 1.82) is 0 Å². The highest BCUT2D eigenvalue weighted by molar-refractivity contribution is 7.67. The van der Waals surface area contributed by atoms with Gasteiger partial charge >= 0.3 is 0 Å². The van der Waals surface area contributed by atoms with E-state index in [1.54, 1.807) is 0 Å². The summed E-state index contributed by atoms with van der Waals surface area (Å²) in [6, 6.07) is 0. The molecule has 0 N–H and O–H groups in total. The highest BCUT2D eigenvalue weighted by Gasteiger charge is 1.38. The Bertz CT molecular complexity index is 21.2. The highest BCUT2D eigenvalue weighted by atomic mass is 35.7. The minimum atomic E-state index is 0.846. The molecule has 4 heavy (non-hydrogen) atoms. The van der Waals surface area contributed by atoms with Gasteiger partial charge in [-0.3, -0.25) is 0 Å². The van der Waals surface area contributed by atoms with Crippen LogP contribution in [0.3, 0.4) is 0 Å². The fraction of sp³-hybridized carbons (Fsp3) is 0.500. The predicted molar refractivity (Wildman–Crippen MR) is 24.5 cm³/mol. The lowest BCUT2D eigenvalue weighted by atomic mass is 11.0. The van der Waals surface area contributed by atoms with Crippen molar-refractivity contribution in [1.82, 2.24) is 0 Å². The molecule has 24 valence electrons. The van der Waals surface area contributed by atoms with Gasteiger partial charge in [0.05, 0.1) is 0 Å². The Morgan fingerprint density at radius 1 is 2.00 bits per heavy atom. The van der Waals surface area contributed by atoms with E-state index in [1.807, 2.05) is 12.7 Å². The molecule has 0 saturated heterocycles. The van der Waals surface area contributed by atoms with E-state index in [1.165, 1.54) is 0 Å². The zero-order chi connectivity index (χ0) is 3.41. The summed E-state index contributed by atoms with van der Waals surface area (Å²) in [6.45, 7) is 1.91. The molecular weight excluding hydrogens is 90.4 g/mol. The third-order valence-corrected chi connectivity index (χ3v) is 0.878. The first-order valence-corrected chi connectivity index (χ1v) is 2.87. The zero-order valence-electron chi connectivity index (χ0n) is 2.40. The second-order valence-electron chi connectivity index (χ2n) is 0.356. The Morgan fingerprint density at radius 3 is 2.25 bits per heavy atom. The monoisotopic (exact) mass is 94.0 g/mol.